The van der Waals surface area contributed by atoms with E-state index in [1.54, 1.807) is 18.2 Å². The second-order valence-corrected chi connectivity index (χ2v) is 7.04. The van der Waals surface area contributed by atoms with Crippen molar-refractivity contribution >= 4 is 71.4 Å². The number of non-ortho nitro benzene ring substituents is 1. The summed E-state index contributed by atoms with van der Waals surface area (Å²) in [5.74, 6) is 0.549. The van der Waals surface area contributed by atoms with Crippen molar-refractivity contribution in [1.82, 2.24) is 0 Å². The summed E-state index contributed by atoms with van der Waals surface area (Å²) in [6, 6.07) is 6.44. The van der Waals surface area contributed by atoms with E-state index in [4.69, 9.17) is 16.3 Å². The van der Waals surface area contributed by atoms with Crippen LogP contribution in [0.5, 0.6) is 5.75 Å². The molecule has 1 heterocycles. The number of nitrogens with zero attached hydrogens (tertiary/aromatic N) is 1. The minimum Gasteiger partial charge on any atom is -0.497 e. The molecular weight excluding hydrogens is 441 g/mol. The highest BCUT2D eigenvalue weighted by Crippen LogP contribution is 2.38. The molecule has 0 radical (unpaired) electrons. The van der Waals surface area contributed by atoms with E-state index in [2.05, 4.69) is 0 Å². The number of hydrogen-bond acceptors (Lipinski definition) is 5. The molecule has 0 aliphatic heterocycles. The van der Waals surface area contributed by atoms with E-state index >= 15 is 0 Å². The number of rotatable bonds is 2. The lowest BCUT2D eigenvalue weighted by Gasteiger charge is -2.06. The van der Waals surface area contributed by atoms with Gasteiger partial charge in [-0.2, -0.15) is 0 Å². The highest BCUT2D eigenvalue weighted by molar-refractivity contribution is 14.1. The van der Waals surface area contributed by atoms with Gasteiger partial charge >= 0.3 is 0 Å². The van der Waals surface area contributed by atoms with Crippen LogP contribution in [-0.4, -0.2) is 12.0 Å². The van der Waals surface area contributed by atoms with Gasteiger partial charge in [0.25, 0.3) is 5.69 Å². The highest BCUT2D eigenvalue weighted by Gasteiger charge is 2.21. The van der Waals surface area contributed by atoms with Crippen LogP contribution < -0.4 is 10.2 Å². The molecule has 3 rings (SSSR count). The van der Waals surface area contributed by atoms with Crippen LogP contribution >= 0.6 is 45.5 Å². The molecule has 3 aromatic rings. The highest BCUT2D eigenvalue weighted by atomic mass is 127. The molecule has 1 aromatic heterocycles. The molecule has 0 unspecified atom stereocenters. The fourth-order valence-corrected chi connectivity index (χ4v) is 4.19. The molecule has 0 amide bonds. The van der Waals surface area contributed by atoms with Crippen molar-refractivity contribution in [1.29, 1.82) is 0 Å². The Kier molecular flexibility index (Phi) is 3.96. The zero-order chi connectivity index (χ0) is 16.0. The second kappa shape index (κ2) is 5.64. The molecule has 0 aliphatic carbocycles. The van der Waals surface area contributed by atoms with Crippen LogP contribution in [0.3, 0.4) is 0 Å². The van der Waals surface area contributed by atoms with Crippen LogP contribution in [0.25, 0.3) is 20.2 Å². The van der Waals surface area contributed by atoms with Gasteiger partial charge in [-0.3, -0.25) is 14.9 Å². The lowest BCUT2D eigenvalue weighted by atomic mass is 10.1. The van der Waals surface area contributed by atoms with Gasteiger partial charge in [-0.1, -0.05) is 11.6 Å². The normalized spacial score (nSPS) is 11.0. The van der Waals surface area contributed by atoms with Crippen LogP contribution in [0.4, 0.5) is 5.69 Å². The molecule has 0 fully saturated rings. The molecule has 0 saturated heterocycles. The van der Waals surface area contributed by atoms with Crippen LogP contribution in [-0.2, 0) is 0 Å². The minimum absolute atomic E-state index is 0.108. The number of nitro benzene ring substituents is 1. The van der Waals surface area contributed by atoms with E-state index in [0.29, 0.717) is 19.4 Å². The summed E-state index contributed by atoms with van der Waals surface area (Å²) in [4.78, 5) is 23.5. The van der Waals surface area contributed by atoms with Gasteiger partial charge in [0.15, 0.2) is 5.43 Å². The maximum atomic E-state index is 12.7. The van der Waals surface area contributed by atoms with Crippen LogP contribution in [0, 0.1) is 13.7 Å². The molecular formula is C14H7ClINO4S. The lowest BCUT2D eigenvalue weighted by molar-refractivity contribution is -0.382. The first-order valence-electron chi connectivity index (χ1n) is 6.01. The number of methoxy groups -OCH3 is 1. The zero-order valence-electron chi connectivity index (χ0n) is 11.1. The second-order valence-electron chi connectivity index (χ2n) is 4.45. The molecule has 0 spiro atoms. The molecule has 8 heteroatoms. The van der Waals surface area contributed by atoms with Crippen LogP contribution in [0.2, 0.25) is 5.02 Å². The van der Waals surface area contributed by atoms with Crippen molar-refractivity contribution in [3.05, 3.63) is 53.2 Å². The topological polar surface area (TPSA) is 69.4 Å². The molecule has 0 aliphatic rings. The summed E-state index contributed by atoms with van der Waals surface area (Å²) in [7, 11) is 1.51. The Morgan fingerprint density at radius 3 is 2.73 bits per heavy atom. The Balaban J connectivity index is 2.59. The summed E-state index contributed by atoms with van der Waals surface area (Å²) in [6.07, 6.45) is 0. The molecule has 0 bridgehead atoms. The first-order valence-corrected chi connectivity index (χ1v) is 8.28. The average Bonchev–Trinajstić information content (AvgIpc) is 2.50. The maximum absolute atomic E-state index is 12.7. The van der Waals surface area contributed by atoms with Crippen molar-refractivity contribution in [2.24, 2.45) is 0 Å². The number of ether oxygens (including phenoxy) is 1. The molecule has 112 valence electrons. The maximum Gasteiger partial charge on any atom is 0.288 e. The Bertz CT molecular complexity index is 1000. The first-order chi connectivity index (χ1) is 10.4. The van der Waals surface area contributed by atoms with E-state index in [-0.39, 0.29) is 26.2 Å². The first kappa shape index (κ1) is 15.4. The molecule has 0 saturated carbocycles. The average molecular weight is 448 g/mol. The van der Waals surface area contributed by atoms with E-state index < -0.39 is 4.92 Å². The van der Waals surface area contributed by atoms with Crippen molar-refractivity contribution in [3.8, 4) is 5.75 Å². The number of halogens is 2. The predicted molar refractivity (Wildman–Crippen MR) is 96.5 cm³/mol. The van der Waals surface area contributed by atoms with Gasteiger partial charge in [-0.15, -0.1) is 11.3 Å². The summed E-state index contributed by atoms with van der Waals surface area (Å²) in [5, 5.41) is 12.1. The quantitative estimate of drug-likeness (QED) is 0.249. The third kappa shape index (κ3) is 2.33. The monoisotopic (exact) mass is 447 g/mol. The molecule has 5 nitrogen and oxygen atoms in total. The third-order valence-electron chi connectivity index (χ3n) is 3.22. The van der Waals surface area contributed by atoms with Crippen LogP contribution in [0.15, 0.2) is 29.1 Å². The van der Waals surface area contributed by atoms with Gasteiger partial charge in [0.05, 0.1) is 22.4 Å². The van der Waals surface area contributed by atoms with E-state index in [1.165, 1.54) is 24.5 Å². The Hall–Kier alpha value is -1.45. The largest absolute Gasteiger partial charge is 0.497 e. The van der Waals surface area contributed by atoms with Crippen molar-refractivity contribution < 1.29 is 9.66 Å². The predicted octanol–water partition coefficient (Wildman–Crippen LogP) is 4.59. The van der Waals surface area contributed by atoms with Crippen molar-refractivity contribution in [2.45, 2.75) is 0 Å². The third-order valence-corrected chi connectivity index (χ3v) is 5.97. The Morgan fingerprint density at radius 2 is 2.09 bits per heavy atom. The summed E-state index contributed by atoms with van der Waals surface area (Å²) < 4.78 is 6.55. The van der Waals surface area contributed by atoms with Gasteiger partial charge in [-0.05, 0) is 40.8 Å². The van der Waals surface area contributed by atoms with Gasteiger partial charge in [-0.25, -0.2) is 0 Å². The van der Waals surface area contributed by atoms with Crippen LogP contribution in [0.1, 0.15) is 0 Å². The smallest absolute Gasteiger partial charge is 0.288 e. The summed E-state index contributed by atoms with van der Waals surface area (Å²) in [6.45, 7) is 0. The van der Waals surface area contributed by atoms with Gasteiger partial charge in [0.1, 0.15) is 10.4 Å². The van der Waals surface area contributed by atoms with E-state index in [1.807, 2.05) is 22.6 Å². The van der Waals surface area contributed by atoms with E-state index in [9.17, 15) is 14.9 Å². The standard InChI is InChI=1S/C14H7ClINO4S/c1-21-6-2-3-10-7(4-6)13(18)11-12(15)8(16)5-9(17(19)20)14(11)22-10/h2-5H,1H3. The SMILES string of the molecule is COc1ccc2sc3c([N+](=O)[O-])cc(I)c(Cl)c3c(=O)c2c1. The Labute approximate surface area is 146 Å². The zero-order valence-corrected chi connectivity index (χ0v) is 14.8. The fraction of sp³-hybridized carbons (Fsp3) is 0.0714. The minimum atomic E-state index is -0.494. The summed E-state index contributed by atoms with van der Waals surface area (Å²) >= 11 is 9.30. The van der Waals surface area contributed by atoms with Gasteiger partial charge in [0, 0.05) is 19.7 Å². The molecule has 0 atom stereocenters. The fourth-order valence-electron chi connectivity index (χ4n) is 2.18. The van der Waals surface area contributed by atoms with E-state index in [0.717, 1.165) is 0 Å². The number of benzene rings is 2. The van der Waals surface area contributed by atoms with Crippen molar-refractivity contribution in [2.75, 3.05) is 7.11 Å². The number of hydrogen-bond donors (Lipinski definition) is 0. The molecule has 22 heavy (non-hydrogen) atoms. The molecule has 2 aromatic carbocycles. The van der Waals surface area contributed by atoms with Gasteiger partial charge < -0.3 is 4.74 Å². The molecule has 0 N–H and O–H groups in total. The number of nitro groups is 1. The van der Waals surface area contributed by atoms with Crippen molar-refractivity contribution in [3.63, 3.8) is 0 Å². The Morgan fingerprint density at radius 1 is 1.36 bits per heavy atom. The number of fused-ring (bicyclic) bond motifs is 2. The van der Waals surface area contributed by atoms with Gasteiger partial charge in [0.2, 0.25) is 0 Å². The lowest BCUT2D eigenvalue weighted by Crippen LogP contribution is -2.04. The summed E-state index contributed by atoms with van der Waals surface area (Å²) in [5.41, 5.74) is -0.433.